The van der Waals surface area contributed by atoms with E-state index in [9.17, 15) is 39.8 Å². The van der Waals surface area contributed by atoms with Gasteiger partial charge in [-0.05, 0) is 89.9 Å². The lowest BCUT2D eigenvalue weighted by atomic mass is 9.85. The maximum atomic E-state index is 12.8. The summed E-state index contributed by atoms with van der Waals surface area (Å²) in [5, 5.41) is 50.3. The summed E-state index contributed by atoms with van der Waals surface area (Å²) in [5.74, 6) is -0.497. The van der Waals surface area contributed by atoms with E-state index in [4.69, 9.17) is 18.5 Å². The van der Waals surface area contributed by atoms with Crippen LogP contribution in [0.4, 0.5) is 0 Å². The minimum atomic E-state index is -5.03. The zero-order valence-corrected chi connectivity index (χ0v) is 41.6. The van der Waals surface area contributed by atoms with Crippen molar-refractivity contribution in [1.29, 1.82) is 0 Å². The van der Waals surface area contributed by atoms with Gasteiger partial charge in [-0.2, -0.15) is 0 Å². The van der Waals surface area contributed by atoms with Crippen LogP contribution in [0.3, 0.4) is 0 Å². The van der Waals surface area contributed by atoms with Crippen LogP contribution >= 0.6 is 7.82 Å². The molecule has 380 valence electrons. The topological polar surface area (TPSA) is 192 Å². The maximum Gasteiger partial charge on any atom is 0.472 e. The summed E-state index contributed by atoms with van der Waals surface area (Å²) in [6.07, 6.45) is 45.0. The Balaban J connectivity index is 2.35. The van der Waals surface area contributed by atoms with Crippen LogP contribution in [0.5, 0.6) is 0 Å². The number of hydrogen-bond acceptors (Lipinski definition) is 11. The van der Waals surface area contributed by atoms with Gasteiger partial charge in [0.2, 0.25) is 0 Å². The number of ether oxygens (including phenoxy) is 2. The van der Waals surface area contributed by atoms with E-state index >= 15 is 0 Å². The molecule has 0 heterocycles. The molecule has 0 aromatic heterocycles. The SMILES string of the molecule is CC/C=C\C/C=C\C/C=C\C/C=C\C/C=C\CCCCCCCCCCOCC(COP(=O)(O)OC1C(O)C(O)C(O)C(O)C1O)OC(=O)CCCCCCC/C=C\C/C=C\CCCCC. The Bertz CT molecular complexity index is 1410. The maximum absolute atomic E-state index is 12.8. The molecular weight excluding hydrogens is 860 g/mol. The number of hydrogen-bond donors (Lipinski definition) is 6. The minimum absolute atomic E-state index is 0.0932. The molecule has 0 spiro atoms. The van der Waals surface area contributed by atoms with Crippen LogP contribution in [-0.4, -0.2) is 98.9 Å². The summed E-state index contributed by atoms with van der Waals surface area (Å²) in [6, 6.07) is 0. The van der Waals surface area contributed by atoms with Gasteiger partial charge >= 0.3 is 13.8 Å². The van der Waals surface area contributed by atoms with Crippen molar-refractivity contribution in [2.75, 3.05) is 19.8 Å². The Kier molecular flexibility index (Phi) is 39.7. The molecule has 12 nitrogen and oxygen atoms in total. The Hall–Kier alpha value is -2.48. The van der Waals surface area contributed by atoms with Gasteiger partial charge in [0.1, 0.15) is 42.7 Å². The van der Waals surface area contributed by atoms with Gasteiger partial charge in [-0.1, -0.05) is 170 Å². The molecule has 1 aliphatic rings. The number of phosphoric acid groups is 1. The average molecular weight is 951 g/mol. The van der Waals surface area contributed by atoms with Gasteiger partial charge in [0.05, 0.1) is 13.2 Å². The Morgan fingerprint density at radius 1 is 0.500 bits per heavy atom. The third-order valence-electron chi connectivity index (χ3n) is 11.3. The molecular formula is C53H91O12P. The van der Waals surface area contributed by atoms with E-state index in [0.717, 1.165) is 109 Å². The second-order valence-electron chi connectivity index (χ2n) is 17.3. The third kappa shape index (κ3) is 33.9. The highest BCUT2D eigenvalue weighted by Crippen LogP contribution is 2.47. The third-order valence-corrected chi connectivity index (χ3v) is 12.2. The molecule has 1 fully saturated rings. The van der Waals surface area contributed by atoms with Gasteiger partial charge in [-0.25, -0.2) is 4.57 Å². The van der Waals surface area contributed by atoms with Gasteiger partial charge in [-0.15, -0.1) is 0 Å². The highest BCUT2D eigenvalue weighted by molar-refractivity contribution is 7.47. The van der Waals surface area contributed by atoms with Crippen molar-refractivity contribution in [3.63, 3.8) is 0 Å². The molecule has 0 aromatic rings. The number of aliphatic hydroxyl groups is 5. The van der Waals surface area contributed by atoms with Crippen molar-refractivity contribution in [3.05, 3.63) is 85.1 Å². The lowest BCUT2D eigenvalue weighted by Gasteiger charge is -2.41. The Labute approximate surface area is 399 Å². The Morgan fingerprint density at radius 2 is 0.894 bits per heavy atom. The largest absolute Gasteiger partial charge is 0.472 e. The number of allylic oxidation sites excluding steroid dienone is 14. The fourth-order valence-electron chi connectivity index (χ4n) is 7.24. The van der Waals surface area contributed by atoms with Crippen molar-refractivity contribution in [2.24, 2.45) is 0 Å². The van der Waals surface area contributed by atoms with Crippen molar-refractivity contribution in [1.82, 2.24) is 0 Å². The van der Waals surface area contributed by atoms with Crippen LogP contribution in [0, 0.1) is 0 Å². The standard InChI is InChI=1S/C53H91O12P/c1-3-5-7-9-11-13-15-17-19-20-21-22-23-24-25-26-27-29-31-33-35-37-39-41-43-62-44-46(45-63-66(60,61)65-53-51(58)49(56)48(55)50(57)52(53)59)64-47(54)42-40-38-36-34-32-30-28-18-16-14-12-10-8-6-4-2/h5,7,11-14,17-19,21-22,24-25,28,46,48-53,55-59H,3-4,6,8-10,15-16,20,23,26-27,29-45H2,1-2H3,(H,60,61)/b7-5-,13-11-,14-12-,19-17-,22-21-,25-24-,28-18-. The molecule has 1 saturated carbocycles. The zero-order valence-electron chi connectivity index (χ0n) is 40.7. The first-order valence-corrected chi connectivity index (χ1v) is 26.9. The monoisotopic (exact) mass is 951 g/mol. The summed E-state index contributed by atoms with van der Waals surface area (Å²) < 4.78 is 34.3. The molecule has 6 atom stereocenters. The van der Waals surface area contributed by atoms with Crippen LogP contribution in [0.2, 0.25) is 0 Å². The van der Waals surface area contributed by atoms with Crippen LogP contribution in [0.25, 0.3) is 0 Å². The molecule has 0 radical (unpaired) electrons. The van der Waals surface area contributed by atoms with E-state index in [1.807, 2.05) is 0 Å². The normalized spacial score (nSPS) is 22.1. The highest BCUT2D eigenvalue weighted by atomic mass is 31.2. The molecule has 0 aliphatic heterocycles. The highest BCUT2D eigenvalue weighted by Gasteiger charge is 2.51. The van der Waals surface area contributed by atoms with Crippen molar-refractivity contribution >= 4 is 13.8 Å². The zero-order chi connectivity index (χ0) is 48.4. The molecule has 0 bridgehead atoms. The molecule has 6 N–H and O–H groups in total. The number of phosphoric ester groups is 1. The van der Waals surface area contributed by atoms with Gasteiger partial charge in [-0.3, -0.25) is 13.8 Å². The fourth-order valence-corrected chi connectivity index (χ4v) is 8.21. The molecule has 1 aliphatic carbocycles. The number of rotatable bonds is 42. The summed E-state index contributed by atoms with van der Waals surface area (Å²) >= 11 is 0. The van der Waals surface area contributed by atoms with E-state index in [1.54, 1.807) is 0 Å². The predicted octanol–water partition coefficient (Wildman–Crippen LogP) is 11.3. The first-order chi connectivity index (χ1) is 32.0. The van der Waals surface area contributed by atoms with E-state index in [1.165, 1.54) is 44.9 Å². The number of unbranched alkanes of at least 4 members (excludes halogenated alkanes) is 16. The summed E-state index contributed by atoms with van der Waals surface area (Å²) in [6.45, 7) is 4.08. The average Bonchev–Trinajstić information content (AvgIpc) is 3.30. The van der Waals surface area contributed by atoms with E-state index in [2.05, 4.69) is 98.9 Å². The Morgan fingerprint density at radius 3 is 1.36 bits per heavy atom. The van der Waals surface area contributed by atoms with Gasteiger partial charge in [0.15, 0.2) is 0 Å². The number of esters is 1. The van der Waals surface area contributed by atoms with E-state index < -0.39 is 63.1 Å². The second-order valence-corrected chi connectivity index (χ2v) is 18.7. The molecule has 66 heavy (non-hydrogen) atoms. The van der Waals surface area contributed by atoms with Crippen LogP contribution in [-0.2, 0) is 27.9 Å². The van der Waals surface area contributed by atoms with Gasteiger partial charge < -0.3 is 39.9 Å². The van der Waals surface area contributed by atoms with Crippen LogP contribution in [0.1, 0.15) is 181 Å². The van der Waals surface area contributed by atoms with Gasteiger partial charge in [0, 0.05) is 13.0 Å². The second kappa shape index (κ2) is 42.6. The van der Waals surface area contributed by atoms with Crippen LogP contribution < -0.4 is 0 Å². The van der Waals surface area contributed by atoms with Crippen molar-refractivity contribution < 1.29 is 58.3 Å². The lowest BCUT2D eigenvalue weighted by molar-refractivity contribution is -0.220. The van der Waals surface area contributed by atoms with Crippen molar-refractivity contribution in [2.45, 2.75) is 224 Å². The van der Waals surface area contributed by atoms with E-state index in [0.29, 0.717) is 13.0 Å². The first kappa shape index (κ1) is 61.5. The summed E-state index contributed by atoms with van der Waals surface area (Å²) in [7, 11) is -5.03. The van der Waals surface area contributed by atoms with Crippen LogP contribution in [0.15, 0.2) is 85.1 Å². The number of carbonyl (C=O) groups excluding carboxylic acids is 1. The van der Waals surface area contributed by atoms with Gasteiger partial charge in [0.25, 0.3) is 0 Å². The first-order valence-electron chi connectivity index (χ1n) is 25.4. The number of aliphatic hydroxyl groups excluding tert-OH is 5. The predicted molar refractivity (Wildman–Crippen MR) is 267 cm³/mol. The molecule has 1 rings (SSSR count). The molecule has 0 saturated heterocycles. The van der Waals surface area contributed by atoms with Crippen molar-refractivity contribution in [3.8, 4) is 0 Å². The lowest BCUT2D eigenvalue weighted by Crippen LogP contribution is -2.64. The number of carbonyl (C=O) groups is 1. The quantitative estimate of drug-likeness (QED) is 0.0147. The summed E-state index contributed by atoms with van der Waals surface area (Å²) in [5.41, 5.74) is 0. The smallest absolute Gasteiger partial charge is 0.457 e. The molecule has 6 unspecified atom stereocenters. The minimum Gasteiger partial charge on any atom is -0.457 e. The van der Waals surface area contributed by atoms with E-state index in [-0.39, 0.29) is 13.0 Å². The molecule has 13 heteroatoms. The molecule has 0 aromatic carbocycles. The summed E-state index contributed by atoms with van der Waals surface area (Å²) in [4.78, 5) is 23.2. The molecule has 0 amide bonds. The fraction of sp³-hybridized carbons (Fsp3) is 0.717.